The van der Waals surface area contributed by atoms with Gasteiger partial charge in [0.2, 0.25) is 5.89 Å². The Morgan fingerprint density at radius 3 is 2.67 bits per heavy atom. The number of aromatic nitrogens is 4. The van der Waals surface area contributed by atoms with Gasteiger partial charge in [-0.25, -0.2) is 4.79 Å². The second kappa shape index (κ2) is 5.01. The average Bonchev–Trinajstić information content (AvgIpc) is 2.80. The van der Waals surface area contributed by atoms with Gasteiger partial charge in [0.25, 0.3) is 0 Å². The molecule has 0 saturated heterocycles. The summed E-state index contributed by atoms with van der Waals surface area (Å²) in [6.45, 7) is 5.83. The molecule has 0 atom stereocenters. The van der Waals surface area contributed by atoms with Gasteiger partial charge in [-0.15, -0.1) is 0 Å². The molecule has 2 rings (SSSR count). The van der Waals surface area contributed by atoms with Crippen molar-refractivity contribution in [1.82, 2.24) is 19.7 Å². The smallest absolute Gasteiger partial charge is 0.339 e. The van der Waals surface area contributed by atoms with Crippen LogP contribution in [0.5, 0.6) is 0 Å². The van der Waals surface area contributed by atoms with Crippen LogP contribution in [0, 0.1) is 13.8 Å². The Balaban J connectivity index is 2.40. The van der Waals surface area contributed by atoms with Crippen molar-refractivity contribution < 1.29 is 4.52 Å². The molecule has 0 aliphatic heterocycles. The molecular weight excluding hydrogens is 300 g/mol. The Bertz CT molecular complexity index is 632. The summed E-state index contributed by atoms with van der Waals surface area (Å²) in [6, 6.07) is 0. The maximum absolute atomic E-state index is 11.8. The van der Waals surface area contributed by atoms with Gasteiger partial charge in [-0.1, -0.05) is 12.1 Å². The van der Waals surface area contributed by atoms with E-state index in [1.807, 2.05) is 13.8 Å². The second-order valence-corrected chi connectivity index (χ2v) is 4.72. The molecule has 0 aliphatic carbocycles. The number of nitrogens with zero attached hydrogens (tertiary/aromatic N) is 4. The first-order valence-corrected chi connectivity index (χ1v) is 6.37. The van der Waals surface area contributed by atoms with Crippen LogP contribution < -0.4 is 5.69 Å². The number of rotatable bonds is 3. The maximum atomic E-state index is 11.8. The highest BCUT2D eigenvalue weighted by molar-refractivity contribution is 9.10. The van der Waals surface area contributed by atoms with Gasteiger partial charge in [0.15, 0.2) is 5.82 Å². The lowest BCUT2D eigenvalue weighted by Gasteiger charge is -2.09. The molecule has 0 aromatic carbocycles. The molecule has 0 bridgehead atoms. The summed E-state index contributed by atoms with van der Waals surface area (Å²) in [4.78, 5) is 19.9. The second-order valence-electron chi connectivity index (χ2n) is 3.92. The Kier molecular flexibility index (Phi) is 3.60. The van der Waals surface area contributed by atoms with Crippen LogP contribution in [-0.2, 0) is 13.0 Å². The third-order valence-corrected chi connectivity index (χ3v) is 3.79. The number of aryl methyl sites for hydroxylation is 2. The van der Waals surface area contributed by atoms with Crippen molar-refractivity contribution in [2.75, 3.05) is 0 Å². The van der Waals surface area contributed by atoms with Gasteiger partial charge in [0, 0.05) is 12.1 Å². The van der Waals surface area contributed by atoms with E-state index in [1.165, 1.54) is 4.57 Å². The molecule has 0 aliphatic rings. The highest BCUT2D eigenvalue weighted by Gasteiger charge is 2.12. The van der Waals surface area contributed by atoms with Crippen molar-refractivity contribution >= 4 is 15.9 Å². The molecule has 6 nitrogen and oxygen atoms in total. The Labute approximate surface area is 112 Å². The molecule has 18 heavy (non-hydrogen) atoms. The fourth-order valence-corrected chi connectivity index (χ4v) is 1.90. The van der Waals surface area contributed by atoms with Crippen molar-refractivity contribution in [3.8, 4) is 0 Å². The van der Waals surface area contributed by atoms with Gasteiger partial charge in [-0.3, -0.25) is 4.57 Å². The molecule has 96 valence electrons. The van der Waals surface area contributed by atoms with Crippen LogP contribution in [0.2, 0.25) is 0 Å². The molecule has 0 amide bonds. The van der Waals surface area contributed by atoms with Gasteiger partial charge in [0.1, 0.15) is 0 Å². The SMILES string of the molecule is CCc1nc(Cn2c(C)c(Br)c(C)nc2=O)no1. The van der Waals surface area contributed by atoms with Crippen molar-refractivity contribution in [3.05, 3.63) is 38.1 Å². The quantitative estimate of drug-likeness (QED) is 0.861. The summed E-state index contributed by atoms with van der Waals surface area (Å²) in [5.74, 6) is 1.05. The summed E-state index contributed by atoms with van der Waals surface area (Å²) in [6.07, 6.45) is 0.677. The summed E-state index contributed by atoms with van der Waals surface area (Å²) < 4.78 is 7.35. The van der Waals surface area contributed by atoms with E-state index in [2.05, 4.69) is 31.1 Å². The molecule has 0 spiro atoms. The van der Waals surface area contributed by atoms with E-state index >= 15 is 0 Å². The minimum atomic E-state index is -0.309. The predicted molar refractivity (Wildman–Crippen MR) is 68.4 cm³/mol. The summed E-state index contributed by atoms with van der Waals surface area (Å²) in [5, 5.41) is 3.83. The van der Waals surface area contributed by atoms with E-state index in [0.29, 0.717) is 23.8 Å². The lowest BCUT2D eigenvalue weighted by atomic mass is 10.3. The van der Waals surface area contributed by atoms with Gasteiger partial charge >= 0.3 is 5.69 Å². The van der Waals surface area contributed by atoms with Crippen LogP contribution in [-0.4, -0.2) is 19.7 Å². The first-order chi connectivity index (χ1) is 8.52. The zero-order chi connectivity index (χ0) is 13.3. The molecule has 0 unspecified atom stereocenters. The molecule has 2 heterocycles. The Hall–Kier alpha value is -1.50. The van der Waals surface area contributed by atoms with E-state index in [-0.39, 0.29) is 12.2 Å². The first kappa shape index (κ1) is 12.9. The molecule has 0 fully saturated rings. The largest absolute Gasteiger partial charge is 0.348 e. The van der Waals surface area contributed by atoms with Crippen LogP contribution in [0.1, 0.15) is 30.0 Å². The van der Waals surface area contributed by atoms with E-state index in [9.17, 15) is 4.79 Å². The Morgan fingerprint density at radius 1 is 1.33 bits per heavy atom. The number of hydrogen-bond donors (Lipinski definition) is 0. The molecular formula is C11H13BrN4O2. The minimum Gasteiger partial charge on any atom is -0.339 e. The van der Waals surface area contributed by atoms with Gasteiger partial charge in [-0.2, -0.15) is 9.97 Å². The topological polar surface area (TPSA) is 73.8 Å². The molecule has 2 aromatic heterocycles. The molecule has 0 radical (unpaired) electrons. The number of halogens is 1. The zero-order valence-corrected chi connectivity index (χ0v) is 12.0. The number of hydrogen-bond acceptors (Lipinski definition) is 5. The van der Waals surface area contributed by atoms with E-state index in [4.69, 9.17) is 4.52 Å². The van der Waals surface area contributed by atoms with E-state index in [0.717, 1.165) is 10.2 Å². The van der Waals surface area contributed by atoms with Crippen molar-refractivity contribution in [3.63, 3.8) is 0 Å². The van der Waals surface area contributed by atoms with Crippen LogP contribution in [0.3, 0.4) is 0 Å². The van der Waals surface area contributed by atoms with E-state index < -0.39 is 0 Å². The summed E-state index contributed by atoms with van der Waals surface area (Å²) in [5.41, 5.74) is 1.17. The lowest BCUT2D eigenvalue weighted by Crippen LogP contribution is -2.27. The average molecular weight is 313 g/mol. The highest BCUT2D eigenvalue weighted by atomic mass is 79.9. The predicted octanol–water partition coefficient (Wildman–Crippen LogP) is 1.62. The van der Waals surface area contributed by atoms with Gasteiger partial charge < -0.3 is 4.52 Å². The van der Waals surface area contributed by atoms with Crippen LogP contribution in [0.25, 0.3) is 0 Å². The monoisotopic (exact) mass is 312 g/mol. The molecule has 0 N–H and O–H groups in total. The molecule has 7 heteroatoms. The fourth-order valence-electron chi connectivity index (χ4n) is 1.60. The minimum absolute atomic E-state index is 0.264. The standard InChI is InChI=1S/C11H13BrN4O2/c1-4-9-14-8(15-18-9)5-16-7(3)10(12)6(2)13-11(16)17/h4-5H2,1-3H3. The highest BCUT2D eigenvalue weighted by Crippen LogP contribution is 2.17. The van der Waals surface area contributed by atoms with E-state index in [1.54, 1.807) is 6.92 Å². The van der Waals surface area contributed by atoms with Crippen molar-refractivity contribution in [2.45, 2.75) is 33.7 Å². The summed E-state index contributed by atoms with van der Waals surface area (Å²) in [7, 11) is 0. The molecule has 2 aromatic rings. The normalized spacial score (nSPS) is 10.9. The fraction of sp³-hybridized carbons (Fsp3) is 0.455. The lowest BCUT2D eigenvalue weighted by molar-refractivity contribution is 0.375. The van der Waals surface area contributed by atoms with Crippen LogP contribution >= 0.6 is 15.9 Å². The summed E-state index contributed by atoms with van der Waals surface area (Å²) >= 11 is 3.41. The van der Waals surface area contributed by atoms with Gasteiger partial charge in [0.05, 0.1) is 16.7 Å². The van der Waals surface area contributed by atoms with Crippen molar-refractivity contribution in [2.24, 2.45) is 0 Å². The third kappa shape index (κ3) is 2.35. The van der Waals surface area contributed by atoms with Crippen LogP contribution in [0.15, 0.2) is 13.8 Å². The molecule has 0 saturated carbocycles. The maximum Gasteiger partial charge on any atom is 0.348 e. The Morgan fingerprint density at radius 2 is 2.06 bits per heavy atom. The first-order valence-electron chi connectivity index (χ1n) is 5.58. The van der Waals surface area contributed by atoms with Gasteiger partial charge in [-0.05, 0) is 29.8 Å². The van der Waals surface area contributed by atoms with Crippen molar-refractivity contribution in [1.29, 1.82) is 0 Å². The third-order valence-electron chi connectivity index (χ3n) is 2.65. The van der Waals surface area contributed by atoms with Crippen LogP contribution in [0.4, 0.5) is 0 Å². The zero-order valence-electron chi connectivity index (χ0n) is 10.4.